The van der Waals surface area contributed by atoms with Crippen LogP contribution in [0.4, 0.5) is 5.69 Å². The molecule has 0 spiro atoms. The Labute approximate surface area is 194 Å². The molecule has 7 nitrogen and oxygen atoms in total. The van der Waals surface area contributed by atoms with Gasteiger partial charge in [-0.2, -0.15) is 5.26 Å². The number of benzene rings is 1. The summed E-state index contributed by atoms with van der Waals surface area (Å²) in [4.78, 5) is 19.3. The fourth-order valence-corrected chi connectivity index (χ4v) is 5.50. The number of pyridine rings is 1. The van der Waals surface area contributed by atoms with Gasteiger partial charge in [0.2, 0.25) is 0 Å². The summed E-state index contributed by atoms with van der Waals surface area (Å²) in [5.41, 5.74) is 2.46. The van der Waals surface area contributed by atoms with E-state index in [1.807, 2.05) is 23.1 Å². The average Bonchev–Trinajstić information content (AvgIpc) is 2.88. The monoisotopic (exact) mass is 446 g/mol. The standard InChI is InChI=1S/C26H30N4O3/c27-14-19-15-28-12-11-22(19)29-23-5-3-13-30-24(23)16-32-20-9-7-18(8-10-20)21-4-1-2-6-25(21)33-17-26(30)31/h1-2,4,6,11-12,15,18,20,23-24H,3,5,7-10,13,16-17H2,(H,28,29)/t18?,20?,23-,24-/m0/s1. The molecule has 1 saturated heterocycles. The number of hydrogen-bond acceptors (Lipinski definition) is 6. The number of amides is 1. The largest absolute Gasteiger partial charge is 0.483 e. The Morgan fingerprint density at radius 3 is 2.82 bits per heavy atom. The molecular formula is C26H30N4O3. The zero-order chi connectivity index (χ0) is 22.6. The Hall–Kier alpha value is -3.11. The van der Waals surface area contributed by atoms with Gasteiger partial charge in [0.05, 0.1) is 30.0 Å². The van der Waals surface area contributed by atoms with Crippen LogP contribution in [0.3, 0.4) is 0 Å². The van der Waals surface area contributed by atoms with Crippen LogP contribution in [0.5, 0.6) is 5.75 Å². The predicted octanol–water partition coefficient (Wildman–Crippen LogP) is 3.86. The van der Waals surface area contributed by atoms with Crippen LogP contribution in [-0.2, 0) is 9.53 Å². The van der Waals surface area contributed by atoms with Gasteiger partial charge in [0, 0.05) is 25.0 Å². The van der Waals surface area contributed by atoms with E-state index in [4.69, 9.17) is 9.47 Å². The second-order valence-corrected chi connectivity index (χ2v) is 9.21. The lowest BCUT2D eigenvalue weighted by Crippen LogP contribution is -2.57. The Bertz CT molecular complexity index is 1030. The van der Waals surface area contributed by atoms with Crippen molar-refractivity contribution in [3.05, 3.63) is 53.9 Å². The number of nitrogens with one attached hydrogen (secondary N) is 1. The first-order valence-electron chi connectivity index (χ1n) is 12.0. The maximum absolute atomic E-state index is 13.3. The molecule has 2 aromatic rings. The molecule has 0 unspecified atom stereocenters. The lowest BCUT2D eigenvalue weighted by molar-refractivity contribution is -0.140. The Morgan fingerprint density at radius 2 is 1.97 bits per heavy atom. The zero-order valence-electron chi connectivity index (χ0n) is 18.8. The van der Waals surface area contributed by atoms with Crippen molar-refractivity contribution in [1.82, 2.24) is 9.88 Å². The smallest absolute Gasteiger partial charge is 0.260 e. The van der Waals surface area contributed by atoms with Gasteiger partial charge in [0.15, 0.2) is 6.61 Å². The number of carbonyl (C=O) groups is 1. The Kier molecular flexibility index (Phi) is 6.45. The molecule has 4 aliphatic rings. The second kappa shape index (κ2) is 9.80. The third-order valence-corrected chi connectivity index (χ3v) is 7.27. The summed E-state index contributed by atoms with van der Waals surface area (Å²) in [6.07, 6.45) is 9.41. The highest BCUT2D eigenvalue weighted by Gasteiger charge is 2.36. The zero-order valence-corrected chi connectivity index (χ0v) is 18.8. The first kappa shape index (κ1) is 21.7. The number of hydrogen-bond donors (Lipinski definition) is 1. The van der Waals surface area contributed by atoms with Crippen molar-refractivity contribution >= 4 is 11.6 Å². The van der Waals surface area contributed by atoms with Crippen LogP contribution < -0.4 is 10.1 Å². The van der Waals surface area contributed by atoms with Crippen molar-refractivity contribution in [3.63, 3.8) is 0 Å². The normalized spacial score (nSPS) is 27.6. The summed E-state index contributed by atoms with van der Waals surface area (Å²) in [6, 6.07) is 12.0. The molecular weight excluding hydrogens is 416 g/mol. The van der Waals surface area contributed by atoms with Crippen LogP contribution >= 0.6 is 0 Å². The van der Waals surface area contributed by atoms with Crippen LogP contribution in [0.1, 0.15) is 55.6 Å². The molecule has 4 heterocycles. The fourth-order valence-electron chi connectivity index (χ4n) is 5.50. The van der Waals surface area contributed by atoms with Gasteiger partial charge in [-0.3, -0.25) is 9.78 Å². The lowest BCUT2D eigenvalue weighted by atomic mass is 9.82. The fraction of sp³-hybridized carbons (Fsp3) is 0.500. The highest BCUT2D eigenvalue weighted by atomic mass is 16.5. The molecule has 2 bridgehead atoms. The number of fused-ring (bicyclic) bond motifs is 5. The van der Waals surface area contributed by atoms with E-state index in [0.29, 0.717) is 24.6 Å². The van der Waals surface area contributed by atoms with Crippen molar-refractivity contribution in [1.29, 1.82) is 5.26 Å². The van der Waals surface area contributed by atoms with E-state index in [0.717, 1.165) is 50.0 Å². The van der Waals surface area contributed by atoms with Crippen LogP contribution in [0, 0.1) is 11.3 Å². The van der Waals surface area contributed by atoms with Gasteiger partial charge in [-0.1, -0.05) is 18.2 Å². The number of nitrogens with zero attached hydrogens (tertiary/aromatic N) is 3. The van der Waals surface area contributed by atoms with E-state index in [-0.39, 0.29) is 30.7 Å². The maximum atomic E-state index is 13.3. The molecule has 2 fully saturated rings. The van der Waals surface area contributed by atoms with Crippen molar-refractivity contribution in [2.75, 3.05) is 25.1 Å². The first-order chi connectivity index (χ1) is 16.2. The second-order valence-electron chi connectivity index (χ2n) is 9.21. The van der Waals surface area contributed by atoms with Crippen LogP contribution in [0.15, 0.2) is 42.7 Å². The highest BCUT2D eigenvalue weighted by molar-refractivity contribution is 5.78. The summed E-state index contributed by atoms with van der Waals surface area (Å²) < 4.78 is 12.5. The topological polar surface area (TPSA) is 87.5 Å². The molecule has 33 heavy (non-hydrogen) atoms. The molecule has 1 saturated carbocycles. The summed E-state index contributed by atoms with van der Waals surface area (Å²) in [5.74, 6) is 1.25. The molecule has 6 rings (SSSR count). The number of anilines is 1. The predicted molar refractivity (Wildman–Crippen MR) is 124 cm³/mol. The first-order valence-corrected chi connectivity index (χ1v) is 12.0. The average molecular weight is 447 g/mol. The van der Waals surface area contributed by atoms with Crippen molar-refractivity contribution < 1.29 is 14.3 Å². The van der Waals surface area contributed by atoms with Gasteiger partial charge in [-0.05, 0) is 62.1 Å². The number of para-hydroxylation sites is 1. The third-order valence-electron chi connectivity index (χ3n) is 7.27. The Morgan fingerprint density at radius 1 is 1.12 bits per heavy atom. The quantitative estimate of drug-likeness (QED) is 0.754. The summed E-state index contributed by atoms with van der Waals surface area (Å²) in [6.45, 7) is 1.19. The van der Waals surface area contributed by atoms with E-state index >= 15 is 0 Å². The minimum absolute atomic E-state index is 0.00838. The number of piperidine rings is 1. The molecule has 3 aliphatic heterocycles. The van der Waals surface area contributed by atoms with Crippen LogP contribution in [0.2, 0.25) is 0 Å². The van der Waals surface area contributed by atoms with Gasteiger partial charge in [0.25, 0.3) is 5.91 Å². The SMILES string of the molecule is N#Cc1cnccc1N[C@H]1CCCN2C(=O)COc3ccccc3C3CCC(CC3)OC[C@@H]12. The molecule has 1 N–H and O–H groups in total. The molecule has 1 aliphatic carbocycles. The molecule has 1 aromatic carbocycles. The van der Waals surface area contributed by atoms with E-state index in [2.05, 4.69) is 28.5 Å². The third kappa shape index (κ3) is 4.67. The summed E-state index contributed by atoms with van der Waals surface area (Å²) in [5, 5.41) is 13.0. The van der Waals surface area contributed by atoms with Gasteiger partial charge in [0.1, 0.15) is 11.8 Å². The van der Waals surface area contributed by atoms with Crippen molar-refractivity contribution in [3.8, 4) is 11.8 Å². The van der Waals surface area contributed by atoms with Crippen molar-refractivity contribution in [2.45, 2.75) is 62.6 Å². The number of aromatic nitrogens is 1. The molecule has 2 atom stereocenters. The van der Waals surface area contributed by atoms with Gasteiger partial charge < -0.3 is 19.7 Å². The van der Waals surface area contributed by atoms with E-state index < -0.39 is 0 Å². The van der Waals surface area contributed by atoms with Gasteiger partial charge >= 0.3 is 0 Å². The minimum Gasteiger partial charge on any atom is -0.483 e. The molecule has 0 radical (unpaired) electrons. The Balaban J connectivity index is 1.41. The van der Waals surface area contributed by atoms with Crippen LogP contribution in [0.25, 0.3) is 0 Å². The summed E-state index contributed by atoms with van der Waals surface area (Å²) in [7, 11) is 0. The van der Waals surface area contributed by atoms with E-state index in [1.54, 1.807) is 12.4 Å². The molecule has 1 aromatic heterocycles. The highest BCUT2D eigenvalue weighted by Crippen LogP contribution is 2.39. The molecule has 7 heteroatoms. The number of carbonyl (C=O) groups excluding carboxylic acids is 1. The number of nitriles is 1. The van der Waals surface area contributed by atoms with E-state index in [9.17, 15) is 10.1 Å². The summed E-state index contributed by atoms with van der Waals surface area (Å²) >= 11 is 0. The number of ether oxygens (including phenoxy) is 2. The lowest BCUT2D eigenvalue weighted by Gasteiger charge is -2.42. The molecule has 172 valence electrons. The van der Waals surface area contributed by atoms with Gasteiger partial charge in [-0.15, -0.1) is 0 Å². The maximum Gasteiger partial charge on any atom is 0.260 e. The minimum atomic E-state index is -0.122. The molecule has 1 amide bonds. The van der Waals surface area contributed by atoms with Crippen molar-refractivity contribution in [2.24, 2.45) is 0 Å². The number of rotatable bonds is 2. The van der Waals surface area contributed by atoms with Crippen LogP contribution in [-0.4, -0.2) is 53.7 Å². The van der Waals surface area contributed by atoms with E-state index in [1.165, 1.54) is 5.56 Å². The van der Waals surface area contributed by atoms with Gasteiger partial charge in [-0.25, -0.2) is 0 Å².